The summed E-state index contributed by atoms with van der Waals surface area (Å²) >= 11 is 0. The van der Waals surface area contributed by atoms with E-state index in [-0.39, 0.29) is 12.8 Å². The van der Waals surface area contributed by atoms with E-state index in [1.165, 1.54) is 0 Å². The average Bonchev–Trinajstić information content (AvgIpc) is 2.84. The van der Waals surface area contributed by atoms with E-state index in [0.717, 1.165) is 4.90 Å². The lowest BCUT2D eigenvalue weighted by Crippen LogP contribution is -2.45. The molecule has 1 heterocycles. The molecule has 1 aliphatic rings. The Morgan fingerprint density at radius 1 is 1.28 bits per heavy atom. The molecule has 0 bridgehead atoms. The zero-order chi connectivity index (χ0) is 18.8. The quantitative estimate of drug-likeness (QED) is 0.620. The number of hydrogen-bond acceptors (Lipinski definition) is 5. The summed E-state index contributed by atoms with van der Waals surface area (Å²) < 4.78 is 5.38. The van der Waals surface area contributed by atoms with Gasteiger partial charge in [0, 0.05) is 6.42 Å². The van der Waals surface area contributed by atoms with E-state index in [2.05, 4.69) is 0 Å². The van der Waals surface area contributed by atoms with E-state index >= 15 is 0 Å². The van der Waals surface area contributed by atoms with Crippen LogP contribution in [0.15, 0.2) is 30.3 Å². The van der Waals surface area contributed by atoms with Gasteiger partial charge in [-0.15, -0.1) is 0 Å². The Morgan fingerprint density at radius 3 is 2.36 bits per heavy atom. The summed E-state index contributed by atoms with van der Waals surface area (Å²) in [5.74, 6) is -2.76. The Labute approximate surface area is 147 Å². The molecule has 0 aliphatic carbocycles. The van der Waals surface area contributed by atoms with E-state index in [9.17, 15) is 19.6 Å². The predicted octanol–water partition coefficient (Wildman–Crippen LogP) is 2.83. The molecule has 1 aliphatic heterocycles. The van der Waals surface area contributed by atoms with Crippen LogP contribution in [0, 0.1) is 22.7 Å². The minimum atomic E-state index is -1.68. The first-order valence-electron chi connectivity index (χ1n) is 8.23. The zero-order valence-corrected chi connectivity index (χ0v) is 14.9. The number of imide groups is 1. The molecule has 0 N–H and O–H groups in total. The van der Waals surface area contributed by atoms with Crippen molar-refractivity contribution >= 4 is 23.5 Å². The molecule has 25 heavy (non-hydrogen) atoms. The largest absolute Gasteiger partial charge is 0.459 e. The Kier molecular flexibility index (Phi) is 4.98. The molecular weight excluding hydrogens is 320 g/mol. The second-order valence-electron chi connectivity index (χ2n) is 7.10. The van der Waals surface area contributed by atoms with Gasteiger partial charge < -0.3 is 4.74 Å². The fourth-order valence-corrected chi connectivity index (χ4v) is 2.97. The predicted molar refractivity (Wildman–Crippen MR) is 91.2 cm³/mol. The summed E-state index contributed by atoms with van der Waals surface area (Å²) in [4.78, 5) is 39.1. The number of nitriles is 1. The number of benzene rings is 1. The summed E-state index contributed by atoms with van der Waals surface area (Å²) in [5.41, 5.74) is -2.03. The summed E-state index contributed by atoms with van der Waals surface area (Å²) in [6.45, 7) is 6.73. The van der Waals surface area contributed by atoms with Gasteiger partial charge in [0.2, 0.25) is 11.8 Å². The van der Waals surface area contributed by atoms with Crippen LogP contribution in [0.3, 0.4) is 0 Å². The molecule has 0 saturated carbocycles. The Balaban J connectivity index is 2.41. The van der Waals surface area contributed by atoms with Gasteiger partial charge in [0.25, 0.3) is 0 Å². The van der Waals surface area contributed by atoms with E-state index in [0.29, 0.717) is 5.69 Å². The summed E-state index contributed by atoms with van der Waals surface area (Å²) in [5, 5.41) is 9.73. The van der Waals surface area contributed by atoms with Gasteiger partial charge in [-0.3, -0.25) is 19.3 Å². The number of para-hydroxylation sites is 1. The third-order valence-electron chi connectivity index (χ3n) is 4.28. The molecule has 6 nitrogen and oxygen atoms in total. The third-order valence-corrected chi connectivity index (χ3v) is 4.28. The van der Waals surface area contributed by atoms with Crippen molar-refractivity contribution < 1.29 is 19.1 Å². The van der Waals surface area contributed by atoms with Gasteiger partial charge in [-0.25, -0.2) is 0 Å². The molecule has 1 fully saturated rings. The molecule has 0 unspecified atom stereocenters. The first-order valence-corrected chi connectivity index (χ1v) is 8.23. The molecule has 2 rings (SSSR count). The lowest BCUT2D eigenvalue weighted by atomic mass is 9.73. The molecule has 0 aromatic heterocycles. The molecule has 0 spiro atoms. The highest BCUT2D eigenvalue weighted by molar-refractivity contribution is 6.22. The third kappa shape index (κ3) is 3.41. The Bertz CT molecular complexity index is 730. The number of ether oxygens (including phenoxy) is 1. The summed E-state index contributed by atoms with van der Waals surface area (Å²) in [6, 6.07) is 10.5. The number of anilines is 1. The number of nitrogens with zero attached hydrogens (tertiary/aromatic N) is 2. The minimum absolute atomic E-state index is 0.0880. The van der Waals surface area contributed by atoms with Crippen molar-refractivity contribution in [3.05, 3.63) is 30.3 Å². The van der Waals surface area contributed by atoms with E-state index in [1.54, 1.807) is 58.0 Å². The van der Waals surface area contributed by atoms with Crippen molar-refractivity contribution in [2.45, 2.75) is 46.1 Å². The van der Waals surface area contributed by atoms with Crippen molar-refractivity contribution in [3.63, 3.8) is 0 Å². The van der Waals surface area contributed by atoms with Crippen LogP contribution in [0.5, 0.6) is 0 Å². The number of esters is 1. The number of carbonyl (C=O) groups excluding carboxylic acids is 3. The number of amides is 2. The van der Waals surface area contributed by atoms with Gasteiger partial charge in [-0.2, -0.15) is 5.26 Å². The van der Waals surface area contributed by atoms with Gasteiger partial charge in [0.1, 0.15) is 5.60 Å². The van der Waals surface area contributed by atoms with Crippen molar-refractivity contribution in [2.75, 3.05) is 4.90 Å². The van der Waals surface area contributed by atoms with Crippen LogP contribution in [0.25, 0.3) is 0 Å². The van der Waals surface area contributed by atoms with Gasteiger partial charge >= 0.3 is 5.97 Å². The highest BCUT2D eigenvalue weighted by Crippen LogP contribution is 2.42. The lowest BCUT2D eigenvalue weighted by Gasteiger charge is -2.31. The molecule has 1 aromatic carbocycles. The van der Waals surface area contributed by atoms with E-state index in [1.807, 2.05) is 6.07 Å². The second kappa shape index (κ2) is 6.67. The van der Waals surface area contributed by atoms with Crippen LogP contribution in [0.4, 0.5) is 5.69 Å². The fraction of sp³-hybridized carbons (Fsp3) is 0.474. The molecule has 2 amide bonds. The van der Waals surface area contributed by atoms with Crippen LogP contribution in [-0.2, 0) is 19.1 Å². The van der Waals surface area contributed by atoms with Crippen molar-refractivity contribution in [2.24, 2.45) is 11.3 Å². The SMILES string of the molecule is CC[C@@](C#N)(C(=O)OC(C)(C)C)[C@@H]1CC(=O)N(c2ccccc2)C1=O. The fourth-order valence-electron chi connectivity index (χ4n) is 2.97. The van der Waals surface area contributed by atoms with E-state index < -0.39 is 34.7 Å². The smallest absolute Gasteiger partial charge is 0.327 e. The maximum atomic E-state index is 12.9. The topological polar surface area (TPSA) is 87.5 Å². The molecule has 6 heteroatoms. The number of carbonyl (C=O) groups is 3. The van der Waals surface area contributed by atoms with Crippen LogP contribution in [0.2, 0.25) is 0 Å². The second-order valence-corrected chi connectivity index (χ2v) is 7.10. The molecule has 132 valence electrons. The normalized spacial score (nSPS) is 20.1. The van der Waals surface area contributed by atoms with Crippen molar-refractivity contribution in [3.8, 4) is 6.07 Å². The van der Waals surface area contributed by atoms with Gasteiger partial charge in [-0.1, -0.05) is 25.1 Å². The standard InChI is InChI=1S/C19H22N2O4/c1-5-19(12-20,17(24)25-18(2,3)4)14-11-15(22)21(16(14)23)13-9-7-6-8-10-13/h6-10,14H,5,11H2,1-4H3/t14-,19+/m1/s1. The maximum Gasteiger partial charge on any atom is 0.327 e. The van der Waals surface area contributed by atoms with Crippen LogP contribution >= 0.6 is 0 Å². The van der Waals surface area contributed by atoms with Gasteiger partial charge in [-0.05, 0) is 39.3 Å². The molecule has 2 atom stereocenters. The van der Waals surface area contributed by atoms with E-state index in [4.69, 9.17) is 4.74 Å². The highest BCUT2D eigenvalue weighted by Gasteiger charge is 2.56. The van der Waals surface area contributed by atoms with Crippen molar-refractivity contribution in [1.82, 2.24) is 0 Å². The maximum absolute atomic E-state index is 12.9. The van der Waals surface area contributed by atoms with Gasteiger partial charge in [0.15, 0.2) is 5.41 Å². The number of hydrogen-bond donors (Lipinski definition) is 0. The zero-order valence-electron chi connectivity index (χ0n) is 14.9. The van der Waals surface area contributed by atoms with Gasteiger partial charge in [0.05, 0.1) is 17.7 Å². The number of rotatable bonds is 4. The summed E-state index contributed by atoms with van der Waals surface area (Å²) in [7, 11) is 0. The molecule has 1 saturated heterocycles. The lowest BCUT2D eigenvalue weighted by molar-refractivity contribution is -0.168. The Hall–Kier alpha value is -2.68. The molecule has 0 radical (unpaired) electrons. The molecule has 1 aromatic rings. The van der Waals surface area contributed by atoms with Crippen LogP contribution < -0.4 is 4.90 Å². The average molecular weight is 342 g/mol. The molecular formula is C19H22N2O4. The highest BCUT2D eigenvalue weighted by atomic mass is 16.6. The monoisotopic (exact) mass is 342 g/mol. The van der Waals surface area contributed by atoms with Crippen molar-refractivity contribution in [1.29, 1.82) is 5.26 Å². The van der Waals surface area contributed by atoms with Crippen LogP contribution in [-0.4, -0.2) is 23.4 Å². The first kappa shape index (κ1) is 18.7. The minimum Gasteiger partial charge on any atom is -0.459 e. The first-order chi connectivity index (χ1) is 11.7. The van der Waals surface area contributed by atoms with Crippen LogP contribution in [0.1, 0.15) is 40.5 Å². The Morgan fingerprint density at radius 2 is 1.88 bits per heavy atom. The summed E-state index contributed by atoms with van der Waals surface area (Å²) in [6.07, 6.45) is -0.0981.